The minimum absolute atomic E-state index is 0.580. The van der Waals surface area contributed by atoms with Crippen molar-refractivity contribution in [2.24, 2.45) is 0 Å². The van der Waals surface area contributed by atoms with Gasteiger partial charge in [0.15, 0.2) is 5.65 Å². The smallest absolute Gasteiger partial charge is 0.157 e. The minimum Gasteiger partial charge on any atom is -0.352 e. The number of aromatic nitrogens is 3. The number of aryl methyl sites for hydroxylation is 1. The third-order valence-electron chi connectivity index (χ3n) is 4.14. The Morgan fingerprint density at radius 1 is 1.30 bits per heavy atom. The molecule has 2 heterocycles. The first-order valence-electron chi connectivity index (χ1n) is 7.42. The van der Waals surface area contributed by atoms with E-state index in [1.165, 1.54) is 37.7 Å². The number of nitrogens with zero attached hydrogens (tertiary/aromatic N) is 4. The lowest BCUT2D eigenvalue weighted by Crippen LogP contribution is -2.39. The van der Waals surface area contributed by atoms with Crippen molar-refractivity contribution < 1.29 is 0 Å². The molecule has 0 bridgehead atoms. The molecule has 0 spiro atoms. The van der Waals surface area contributed by atoms with Crippen molar-refractivity contribution in [2.45, 2.75) is 45.1 Å². The highest BCUT2D eigenvalue weighted by Gasteiger charge is 2.23. The Balaban J connectivity index is 2.01. The number of rotatable bonds is 4. The van der Waals surface area contributed by atoms with Crippen LogP contribution in [0.1, 0.15) is 37.7 Å². The van der Waals surface area contributed by atoms with Crippen LogP contribution in [0.2, 0.25) is 0 Å². The molecule has 5 heteroatoms. The van der Waals surface area contributed by atoms with Crippen molar-refractivity contribution in [2.75, 3.05) is 17.3 Å². The van der Waals surface area contributed by atoms with Gasteiger partial charge in [0, 0.05) is 18.5 Å². The first-order valence-corrected chi connectivity index (χ1v) is 7.96. The second kappa shape index (κ2) is 6.00. The zero-order valence-electron chi connectivity index (χ0n) is 11.9. The molecule has 0 aromatic carbocycles. The summed E-state index contributed by atoms with van der Waals surface area (Å²) in [7, 11) is 0. The van der Waals surface area contributed by atoms with Crippen LogP contribution >= 0.6 is 11.6 Å². The van der Waals surface area contributed by atoms with E-state index in [-0.39, 0.29) is 0 Å². The number of alkyl halides is 1. The van der Waals surface area contributed by atoms with E-state index in [0.717, 1.165) is 18.0 Å². The number of halogens is 1. The highest BCUT2D eigenvalue weighted by Crippen LogP contribution is 2.28. The molecular weight excluding hydrogens is 272 g/mol. The Morgan fingerprint density at radius 3 is 2.85 bits per heavy atom. The van der Waals surface area contributed by atoms with Gasteiger partial charge in [-0.2, -0.15) is 9.61 Å². The molecule has 0 aliphatic heterocycles. The van der Waals surface area contributed by atoms with E-state index in [2.05, 4.69) is 34.0 Å². The second-order valence-electron chi connectivity index (χ2n) is 5.60. The van der Waals surface area contributed by atoms with Gasteiger partial charge in [-0.3, -0.25) is 0 Å². The van der Waals surface area contributed by atoms with E-state index >= 15 is 0 Å². The van der Waals surface area contributed by atoms with Gasteiger partial charge in [0.2, 0.25) is 0 Å². The van der Waals surface area contributed by atoms with Crippen molar-refractivity contribution in [1.29, 1.82) is 0 Å². The van der Waals surface area contributed by atoms with Gasteiger partial charge in [0.25, 0.3) is 0 Å². The van der Waals surface area contributed by atoms with Gasteiger partial charge >= 0.3 is 0 Å². The molecule has 3 rings (SSSR count). The summed E-state index contributed by atoms with van der Waals surface area (Å²) in [5.74, 6) is 1.77. The maximum absolute atomic E-state index is 6.04. The van der Waals surface area contributed by atoms with Crippen LogP contribution < -0.4 is 4.90 Å². The molecule has 2 aromatic heterocycles. The van der Waals surface area contributed by atoms with Gasteiger partial charge in [0.1, 0.15) is 12.1 Å². The second-order valence-corrected chi connectivity index (χ2v) is 5.97. The van der Waals surface area contributed by atoms with Crippen LogP contribution in [0, 0.1) is 6.92 Å². The number of fused-ring (bicyclic) bond motifs is 1. The lowest BCUT2D eigenvalue weighted by Gasteiger charge is -2.35. The van der Waals surface area contributed by atoms with Crippen molar-refractivity contribution in [3.05, 3.63) is 24.0 Å². The molecule has 1 fully saturated rings. The van der Waals surface area contributed by atoms with Crippen LogP contribution in [-0.2, 0) is 0 Å². The predicted molar refractivity (Wildman–Crippen MR) is 82.7 cm³/mol. The van der Waals surface area contributed by atoms with E-state index in [4.69, 9.17) is 11.6 Å². The molecule has 0 unspecified atom stereocenters. The summed E-state index contributed by atoms with van der Waals surface area (Å²) in [4.78, 5) is 6.75. The first-order chi connectivity index (χ1) is 9.79. The van der Waals surface area contributed by atoms with Gasteiger partial charge in [-0.05, 0) is 37.5 Å². The van der Waals surface area contributed by atoms with Crippen LogP contribution in [0.5, 0.6) is 0 Å². The molecule has 1 aliphatic rings. The SMILES string of the molecule is Cc1cc(N(CCCl)C2CCCCC2)n2ncnc2c1. The van der Waals surface area contributed by atoms with E-state index in [1.54, 1.807) is 6.33 Å². The monoisotopic (exact) mass is 292 g/mol. The fraction of sp³-hybridized carbons (Fsp3) is 0.600. The predicted octanol–water partition coefficient (Wildman–Crippen LogP) is 3.42. The minimum atomic E-state index is 0.580. The highest BCUT2D eigenvalue weighted by atomic mass is 35.5. The normalized spacial score (nSPS) is 16.7. The van der Waals surface area contributed by atoms with Crippen molar-refractivity contribution in [3.63, 3.8) is 0 Å². The Bertz CT molecular complexity index is 574. The van der Waals surface area contributed by atoms with Gasteiger partial charge in [-0.25, -0.2) is 4.98 Å². The van der Waals surface area contributed by atoms with E-state index in [9.17, 15) is 0 Å². The zero-order chi connectivity index (χ0) is 13.9. The molecule has 0 saturated heterocycles. The maximum Gasteiger partial charge on any atom is 0.157 e. The summed E-state index contributed by atoms with van der Waals surface area (Å²) >= 11 is 6.04. The van der Waals surface area contributed by atoms with Gasteiger partial charge in [-0.15, -0.1) is 11.6 Å². The molecule has 0 N–H and O–H groups in total. The van der Waals surface area contributed by atoms with Crippen molar-refractivity contribution in [3.8, 4) is 0 Å². The summed E-state index contributed by atoms with van der Waals surface area (Å²) in [6.07, 6.45) is 8.11. The summed E-state index contributed by atoms with van der Waals surface area (Å²) in [5, 5.41) is 4.38. The Kier molecular flexibility index (Phi) is 4.10. The highest BCUT2D eigenvalue weighted by molar-refractivity contribution is 6.18. The molecular formula is C15H21ClN4. The van der Waals surface area contributed by atoms with E-state index in [1.807, 2.05) is 4.52 Å². The number of hydrogen-bond donors (Lipinski definition) is 0. The van der Waals surface area contributed by atoms with Gasteiger partial charge in [-0.1, -0.05) is 19.3 Å². The van der Waals surface area contributed by atoms with Crippen LogP contribution in [-0.4, -0.2) is 33.1 Å². The lowest BCUT2D eigenvalue weighted by molar-refractivity contribution is 0.415. The summed E-state index contributed by atoms with van der Waals surface area (Å²) in [5.41, 5.74) is 2.13. The fourth-order valence-electron chi connectivity index (χ4n) is 3.21. The summed E-state index contributed by atoms with van der Waals surface area (Å²) in [6.45, 7) is 2.97. The Labute approximate surface area is 124 Å². The third kappa shape index (κ3) is 2.62. The first kappa shape index (κ1) is 13.7. The third-order valence-corrected chi connectivity index (χ3v) is 4.31. The van der Waals surface area contributed by atoms with Gasteiger partial charge < -0.3 is 4.90 Å². The average Bonchev–Trinajstić information content (AvgIpc) is 2.93. The molecule has 1 aliphatic carbocycles. The quantitative estimate of drug-likeness (QED) is 0.810. The van der Waals surface area contributed by atoms with Gasteiger partial charge in [0.05, 0.1) is 0 Å². The largest absolute Gasteiger partial charge is 0.352 e. The maximum atomic E-state index is 6.04. The standard InChI is InChI=1S/C15H21ClN4/c1-12-9-14-17-11-18-20(14)15(10-12)19(8-7-16)13-5-3-2-4-6-13/h9-11,13H,2-8H2,1H3. The van der Waals surface area contributed by atoms with Crippen LogP contribution in [0.25, 0.3) is 5.65 Å². The topological polar surface area (TPSA) is 33.4 Å². The van der Waals surface area contributed by atoms with Crippen molar-refractivity contribution in [1.82, 2.24) is 14.6 Å². The Hall–Kier alpha value is -1.29. The molecule has 20 heavy (non-hydrogen) atoms. The van der Waals surface area contributed by atoms with Crippen LogP contribution in [0.3, 0.4) is 0 Å². The molecule has 4 nitrogen and oxygen atoms in total. The molecule has 0 amide bonds. The molecule has 0 radical (unpaired) electrons. The average molecular weight is 293 g/mol. The van der Waals surface area contributed by atoms with E-state index in [0.29, 0.717) is 11.9 Å². The molecule has 0 atom stereocenters. The lowest BCUT2D eigenvalue weighted by atomic mass is 9.94. The van der Waals surface area contributed by atoms with Crippen LogP contribution in [0.15, 0.2) is 18.5 Å². The fourth-order valence-corrected chi connectivity index (χ4v) is 3.39. The van der Waals surface area contributed by atoms with Crippen LogP contribution in [0.4, 0.5) is 5.82 Å². The molecule has 2 aromatic rings. The van der Waals surface area contributed by atoms with E-state index < -0.39 is 0 Å². The molecule has 108 valence electrons. The number of anilines is 1. The number of pyridine rings is 1. The van der Waals surface area contributed by atoms with Crippen molar-refractivity contribution >= 4 is 23.1 Å². The number of hydrogen-bond acceptors (Lipinski definition) is 3. The summed E-state index contributed by atoms with van der Waals surface area (Å²) in [6, 6.07) is 4.84. The zero-order valence-corrected chi connectivity index (χ0v) is 12.7. The Morgan fingerprint density at radius 2 is 2.10 bits per heavy atom. The summed E-state index contributed by atoms with van der Waals surface area (Å²) < 4.78 is 1.94. The molecule has 1 saturated carbocycles.